The number of nitrogens with zero attached hydrogens (tertiary/aromatic N) is 1. The zero-order valence-electron chi connectivity index (χ0n) is 14.9. The summed E-state index contributed by atoms with van der Waals surface area (Å²) in [4.78, 5) is 37.7. The number of imide groups is 1. The van der Waals surface area contributed by atoms with Gasteiger partial charge >= 0.3 is 0 Å². The van der Waals surface area contributed by atoms with Crippen LogP contribution in [-0.2, 0) is 14.3 Å². The molecule has 3 aliphatic heterocycles. The summed E-state index contributed by atoms with van der Waals surface area (Å²) in [6, 6.07) is 6.81. The fourth-order valence-electron chi connectivity index (χ4n) is 4.87. The molecule has 4 fully saturated rings. The summed E-state index contributed by atoms with van der Waals surface area (Å²) in [5.41, 5.74) is 2.86. The van der Waals surface area contributed by atoms with E-state index in [-0.39, 0.29) is 30.1 Å². The topological polar surface area (TPSA) is 84.9 Å². The molecule has 1 saturated carbocycles. The molecule has 5 rings (SSSR count). The summed E-state index contributed by atoms with van der Waals surface area (Å²) >= 11 is 0. The molecule has 1 N–H and O–H groups in total. The molecule has 142 valence electrons. The van der Waals surface area contributed by atoms with E-state index >= 15 is 0 Å². The third-order valence-corrected chi connectivity index (χ3v) is 6.22. The van der Waals surface area contributed by atoms with E-state index in [0.717, 1.165) is 36.4 Å². The van der Waals surface area contributed by atoms with E-state index in [2.05, 4.69) is 5.43 Å². The van der Waals surface area contributed by atoms with Crippen molar-refractivity contribution < 1.29 is 23.9 Å². The molecule has 3 heterocycles. The Bertz CT molecular complexity index is 758. The summed E-state index contributed by atoms with van der Waals surface area (Å²) in [5.74, 6) is -1.34. The number of carbonyl (C=O) groups excluding carboxylic acids is 3. The van der Waals surface area contributed by atoms with Crippen LogP contribution in [0.1, 0.15) is 48.9 Å². The quantitative estimate of drug-likeness (QED) is 0.817. The van der Waals surface area contributed by atoms with Gasteiger partial charge < -0.3 is 9.47 Å². The van der Waals surface area contributed by atoms with E-state index in [0.29, 0.717) is 5.56 Å². The van der Waals surface area contributed by atoms with E-state index in [4.69, 9.17) is 9.47 Å². The lowest BCUT2D eigenvalue weighted by Crippen LogP contribution is -2.47. The number of benzene rings is 1. The average molecular weight is 370 g/mol. The number of carbonyl (C=O) groups is 3. The molecule has 0 radical (unpaired) electrons. The van der Waals surface area contributed by atoms with Gasteiger partial charge in [0, 0.05) is 5.56 Å². The number of nitrogens with one attached hydrogen (secondary N) is 1. The Balaban J connectivity index is 1.25. The monoisotopic (exact) mass is 370 g/mol. The van der Waals surface area contributed by atoms with Crippen LogP contribution in [0.4, 0.5) is 0 Å². The van der Waals surface area contributed by atoms with Crippen molar-refractivity contribution in [1.29, 1.82) is 0 Å². The molecule has 1 aromatic rings. The molecule has 2 bridgehead atoms. The van der Waals surface area contributed by atoms with E-state index in [1.807, 2.05) is 0 Å². The van der Waals surface area contributed by atoms with Crippen molar-refractivity contribution in [2.75, 3.05) is 0 Å². The van der Waals surface area contributed by atoms with E-state index in [1.54, 1.807) is 24.3 Å². The molecule has 27 heavy (non-hydrogen) atoms. The smallest absolute Gasteiger partial charge is 0.270 e. The number of hydrogen-bond donors (Lipinski definition) is 1. The predicted octanol–water partition coefficient (Wildman–Crippen LogP) is 1.82. The van der Waals surface area contributed by atoms with Crippen LogP contribution in [0, 0.1) is 11.8 Å². The number of fused-ring (bicyclic) bond motifs is 5. The van der Waals surface area contributed by atoms with Gasteiger partial charge in [-0.05, 0) is 62.8 Å². The van der Waals surface area contributed by atoms with Gasteiger partial charge in [0.05, 0.1) is 30.1 Å². The number of hydrazine groups is 1. The van der Waals surface area contributed by atoms with Crippen molar-refractivity contribution in [3.05, 3.63) is 29.8 Å². The highest BCUT2D eigenvalue weighted by Crippen LogP contribution is 2.48. The molecule has 0 spiro atoms. The SMILES string of the molecule is O=C(NN1C(=O)[C@@H]2[C@H](C1=O)[C@@H]1CC[C@H]2O1)c1ccc(OC2CCCC2)cc1. The maximum atomic E-state index is 12.6. The molecule has 7 nitrogen and oxygen atoms in total. The lowest BCUT2D eigenvalue weighted by atomic mass is 9.81. The minimum atomic E-state index is -0.475. The molecule has 0 aromatic heterocycles. The summed E-state index contributed by atoms with van der Waals surface area (Å²) < 4.78 is 11.6. The molecule has 4 aliphatic rings. The first-order valence-electron chi connectivity index (χ1n) is 9.73. The molecule has 3 saturated heterocycles. The van der Waals surface area contributed by atoms with Crippen LogP contribution in [0.5, 0.6) is 5.75 Å². The summed E-state index contributed by atoms with van der Waals surface area (Å²) in [6.07, 6.45) is 5.99. The molecule has 4 atom stereocenters. The Kier molecular flexibility index (Phi) is 3.93. The molecule has 1 aromatic carbocycles. The Morgan fingerprint density at radius 3 is 2.15 bits per heavy atom. The third-order valence-electron chi connectivity index (χ3n) is 6.22. The van der Waals surface area contributed by atoms with Crippen LogP contribution in [0.2, 0.25) is 0 Å². The van der Waals surface area contributed by atoms with Crippen LogP contribution < -0.4 is 10.2 Å². The van der Waals surface area contributed by atoms with Crippen molar-refractivity contribution in [2.45, 2.75) is 56.8 Å². The Morgan fingerprint density at radius 1 is 0.963 bits per heavy atom. The molecule has 3 amide bonds. The zero-order chi connectivity index (χ0) is 18.5. The molecule has 1 aliphatic carbocycles. The highest BCUT2D eigenvalue weighted by atomic mass is 16.5. The standard InChI is InChI=1S/C20H22N2O5/c23-18(11-5-7-13(8-6-11)26-12-3-1-2-4-12)21-22-19(24)16-14-9-10-15(27-14)17(16)20(22)25/h5-8,12,14-17H,1-4,9-10H2,(H,21,23)/t14-,15+,16+,17-. The van der Waals surface area contributed by atoms with Gasteiger partial charge in [-0.1, -0.05) is 0 Å². The van der Waals surface area contributed by atoms with Gasteiger partial charge in [-0.3, -0.25) is 19.8 Å². The van der Waals surface area contributed by atoms with Gasteiger partial charge in [-0.2, -0.15) is 5.01 Å². The fraction of sp³-hybridized carbons (Fsp3) is 0.550. The largest absolute Gasteiger partial charge is 0.490 e. The Labute approximate surface area is 157 Å². The average Bonchev–Trinajstić information content (AvgIpc) is 3.45. The van der Waals surface area contributed by atoms with Crippen molar-refractivity contribution >= 4 is 17.7 Å². The minimum absolute atomic E-state index is 0.189. The number of rotatable bonds is 4. The summed E-state index contributed by atoms with van der Waals surface area (Å²) in [5, 5.41) is 0.897. The van der Waals surface area contributed by atoms with Gasteiger partial charge in [0.2, 0.25) is 0 Å². The predicted molar refractivity (Wildman–Crippen MR) is 93.5 cm³/mol. The minimum Gasteiger partial charge on any atom is -0.490 e. The lowest BCUT2D eigenvalue weighted by molar-refractivity contribution is -0.145. The normalized spacial score (nSPS) is 32.2. The van der Waals surface area contributed by atoms with Crippen molar-refractivity contribution in [1.82, 2.24) is 10.4 Å². The maximum Gasteiger partial charge on any atom is 0.270 e. The second kappa shape index (κ2) is 6.34. The van der Waals surface area contributed by atoms with Gasteiger partial charge in [-0.15, -0.1) is 0 Å². The highest BCUT2D eigenvalue weighted by molar-refractivity contribution is 6.08. The van der Waals surface area contributed by atoms with Gasteiger partial charge in [0.15, 0.2) is 0 Å². The van der Waals surface area contributed by atoms with Crippen molar-refractivity contribution in [3.63, 3.8) is 0 Å². The molecule has 7 heteroatoms. The fourth-order valence-corrected chi connectivity index (χ4v) is 4.87. The van der Waals surface area contributed by atoms with Crippen LogP contribution in [-0.4, -0.2) is 41.0 Å². The van der Waals surface area contributed by atoms with Crippen LogP contribution in [0.25, 0.3) is 0 Å². The summed E-state index contributed by atoms with van der Waals surface area (Å²) in [6.45, 7) is 0. The molecular formula is C20H22N2O5. The van der Waals surface area contributed by atoms with E-state index in [1.165, 1.54) is 12.8 Å². The lowest BCUT2D eigenvalue weighted by Gasteiger charge is -2.18. The number of amides is 3. The second-order valence-corrected chi connectivity index (χ2v) is 7.84. The highest BCUT2D eigenvalue weighted by Gasteiger charge is 2.62. The number of ether oxygens (including phenoxy) is 2. The van der Waals surface area contributed by atoms with Gasteiger partial charge in [-0.25, -0.2) is 0 Å². The van der Waals surface area contributed by atoms with Gasteiger partial charge in [0.1, 0.15) is 5.75 Å². The first-order chi connectivity index (χ1) is 13.1. The Morgan fingerprint density at radius 2 is 1.56 bits per heavy atom. The first kappa shape index (κ1) is 16.7. The molecule has 0 unspecified atom stereocenters. The van der Waals surface area contributed by atoms with Crippen molar-refractivity contribution in [3.8, 4) is 5.75 Å². The molecular weight excluding hydrogens is 348 g/mol. The summed E-state index contributed by atoms with van der Waals surface area (Å²) in [7, 11) is 0. The zero-order valence-corrected chi connectivity index (χ0v) is 14.9. The maximum absolute atomic E-state index is 12.6. The number of hydrogen-bond acceptors (Lipinski definition) is 5. The van der Waals surface area contributed by atoms with Crippen LogP contribution in [0.15, 0.2) is 24.3 Å². The van der Waals surface area contributed by atoms with E-state index in [9.17, 15) is 14.4 Å². The van der Waals surface area contributed by atoms with Crippen molar-refractivity contribution in [2.24, 2.45) is 11.8 Å². The Hall–Kier alpha value is -2.41. The second-order valence-electron chi connectivity index (χ2n) is 7.84. The van der Waals surface area contributed by atoms with Crippen LogP contribution >= 0.6 is 0 Å². The van der Waals surface area contributed by atoms with Gasteiger partial charge in [0.25, 0.3) is 17.7 Å². The van der Waals surface area contributed by atoms with E-state index < -0.39 is 17.7 Å². The first-order valence-corrected chi connectivity index (χ1v) is 9.73. The van der Waals surface area contributed by atoms with Crippen LogP contribution in [0.3, 0.4) is 0 Å². The third kappa shape index (κ3) is 2.72.